The molecule has 3 rings (SSSR count). The topological polar surface area (TPSA) is 54.9 Å². The van der Waals surface area contributed by atoms with E-state index >= 15 is 0 Å². The first-order valence-corrected chi connectivity index (χ1v) is 7.97. The van der Waals surface area contributed by atoms with E-state index in [2.05, 4.69) is 4.98 Å². The number of aromatic amines is 1. The number of H-pyrrole nitrogens is 1. The van der Waals surface area contributed by atoms with Crippen LogP contribution in [0.2, 0.25) is 0 Å². The molecule has 0 amide bonds. The molecule has 0 bridgehead atoms. The minimum Gasteiger partial charge on any atom is -0.359 e. The molecule has 0 atom stereocenters. The van der Waals surface area contributed by atoms with Crippen molar-refractivity contribution in [2.45, 2.75) is 19.9 Å². The maximum absolute atomic E-state index is 12.3. The van der Waals surface area contributed by atoms with Gasteiger partial charge in [0.25, 0.3) is 0 Å². The maximum Gasteiger partial charge on any atom is 0.308 e. The fourth-order valence-corrected chi connectivity index (χ4v) is 3.43. The Bertz CT molecular complexity index is 829. The first-order chi connectivity index (χ1) is 10.7. The third-order valence-corrected chi connectivity index (χ3v) is 4.66. The van der Waals surface area contributed by atoms with Gasteiger partial charge in [-0.05, 0) is 24.1 Å². The van der Waals surface area contributed by atoms with E-state index in [1.807, 2.05) is 37.3 Å². The zero-order valence-electron chi connectivity index (χ0n) is 12.2. The first kappa shape index (κ1) is 14.5. The van der Waals surface area contributed by atoms with Crippen LogP contribution in [0, 0.1) is 0 Å². The van der Waals surface area contributed by atoms with Crippen LogP contribution in [-0.4, -0.2) is 15.3 Å². The van der Waals surface area contributed by atoms with Gasteiger partial charge in [0.1, 0.15) is 0 Å². The second kappa shape index (κ2) is 6.15. The van der Waals surface area contributed by atoms with Gasteiger partial charge in [0.2, 0.25) is 0 Å². The summed E-state index contributed by atoms with van der Waals surface area (Å²) in [7, 11) is 0. The van der Waals surface area contributed by atoms with Crippen LogP contribution in [0.3, 0.4) is 0 Å². The maximum atomic E-state index is 12.3. The van der Waals surface area contributed by atoms with Gasteiger partial charge in [0.15, 0.2) is 5.78 Å². The molecule has 0 aliphatic heterocycles. The van der Waals surface area contributed by atoms with Crippen LogP contribution in [-0.2, 0) is 13.0 Å². The number of ketones is 1. The standard InChI is InChI=1S/C17H16N2O2S/c1-2-15-16(12-7-4-3-5-8-12)19(17(21)22-15)11-14(20)13-9-6-10-18-13/h3-10,18H,2,11H2,1H3. The van der Waals surface area contributed by atoms with Crippen LogP contribution >= 0.6 is 11.3 Å². The molecule has 0 aliphatic carbocycles. The molecule has 0 radical (unpaired) electrons. The summed E-state index contributed by atoms with van der Waals surface area (Å²) < 4.78 is 1.59. The smallest absolute Gasteiger partial charge is 0.308 e. The summed E-state index contributed by atoms with van der Waals surface area (Å²) in [4.78, 5) is 28.5. The molecule has 1 N–H and O–H groups in total. The number of aryl methyl sites for hydroxylation is 1. The van der Waals surface area contributed by atoms with E-state index in [1.54, 1.807) is 22.9 Å². The number of Topliss-reactive ketones (excluding diaryl/α,β-unsaturated/α-hetero) is 1. The molecule has 112 valence electrons. The van der Waals surface area contributed by atoms with Crippen molar-refractivity contribution in [3.63, 3.8) is 0 Å². The van der Waals surface area contributed by atoms with E-state index in [0.717, 1.165) is 22.6 Å². The van der Waals surface area contributed by atoms with Gasteiger partial charge >= 0.3 is 4.87 Å². The monoisotopic (exact) mass is 312 g/mol. The van der Waals surface area contributed by atoms with E-state index in [1.165, 1.54) is 11.3 Å². The molecule has 2 heterocycles. The number of hydrogen-bond donors (Lipinski definition) is 1. The Morgan fingerprint density at radius 1 is 1.18 bits per heavy atom. The Labute approximate surface area is 132 Å². The van der Waals surface area contributed by atoms with Crippen molar-refractivity contribution < 1.29 is 4.79 Å². The predicted molar refractivity (Wildman–Crippen MR) is 88.5 cm³/mol. The van der Waals surface area contributed by atoms with Gasteiger partial charge < -0.3 is 4.98 Å². The number of carbonyl (C=O) groups excluding carboxylic acids is 1. The highest BCUT2D eigenvalue weighted by Gasteiger charge is 2.18. The Kier molecular flexibility index (Phi) is 4.06. The van der Waals surface area contributed by atoms with E-state index in [4.69, 9.17) is 0 Å². The average molecular weight is 312 g/mol. The Morgan fingerprint density at radius 3 is 2.59 bits per heavy atom. The van der Waals surface area contributed by atoms with Gasteiger partial charge in [-0.2, -0.15) is 0 Å². The number of thiazole rings is 1. The van der Waals surface area contributed by atoms with Gasteiger partial charge in [-0.25, -0.2) is 0 Å². The molecule has 2 aromatic heterocycles. The summed E-state index contributed by atoms with van der Waals surface area (Å²) in [5.41, 5.74) is 2.35. The fourth-order valence-electron chi connectivity index (χ4n) is 2.48. The van der Waals surface area contributed by atoms with Crippen molar-refractivity contribution in [1.29, 1.82) is 0 Å². The average Bonchev–Trinajstić information content (AvgIpc) is 3.17. The van der Waals surface area contributed by atoms with Crippen LogP contribution in [0.5, 0.6) is 0 Å². The van der Waals surface area contributed by atoms with Crippen molar-refractivity contribution in [1.82, 2.24) is 9.55 Å². The van der Waals surface area contributed by atoms with Gasteiger partial charge in [0, 0.05) is 11.1 Å². The molecule has 0 unspecified atom stereocenters. The van der Waals surface area contributed by atoms with Crippen LogP contribution in [0.1, 0.15) is 22.3 Å². The van der Waals surface area contributed by atoms with E-state index in [-0.39, 0.29) is 17.2 Å². The zero-order chi connectivity index (χ0) is 15.5. The number of rotatable bonds is 5. The summed E-state index contributed by atoms with van der Waals surface area (Å²) in [5, 5.41) is 0. The van der Waals surface area contributed by atoms with Crippen LogP contribution < -0.4 is 4.87 Å². The van der Waals surface area contributed by atoms with Crippen molar-refractivity contribution in [2.75, 3.05) is 0 Å². The Balaban J connectivity index is 2.06. The number of carbonyl (C=O) groups is 1. The summed E-state index contributed by atoms with van der Waals surface area (Å²) >= 11 is 1.22. The fraction of sp³-hybridized carbons (Fsp3) is 0.176. The van der Waals surface area contributed by atoms with E-state index in [9.17, 15) is 9.59 Å². The van der Waals surface area contributed by atoms with E-state index < -0.39 is 0 Å². The molecule has 0 fully saturated rings. The molecule has 3 aromatic rings. The van der Waals surface area contributed by atoms with Crippen LogP contribution in [0.4, 0.5) is 0 Å². The lowest BCUT2D eigenvalue weighted by Gasteiger charge is -2.09. The number of hydrogen-bond acceptors (Lipinski definition) is 3. The molecular weight excluding hydrogens is 296 g/mol. The molecule has 0 saturated carbocycles. The molecule has 5 heteroatoms. The van der Waals surface area contributed by atoms with Gasteiger partial charge in [-0.15, -0.1) is 0 Å². The SMILES string of the molecule is CCc1sc(=O)n(CC(=O)c2ccc[nH]2)c1-c1ccccc1. The Morgan fingerprint density at radius 2 is 1.95 bits per heavy atom. The Hall–Kier alpha value is -2.40. The summed E-state index contributed by atoms with van der Waals surface area (Å²) in [6.07, 6.45) is 2.48. The third kappa shape index (κ3) is 2.67. The van der Waals surface area contributed by atoms with Crippen molar-refractivity contribution >= 4 is 17.1 Å². The number of nitrogens with zero attached hydrogens (tertiary/aromatic N) is 1. The molecule has 0 aliphatic rings. The highest BCUT2D eigenvalue weighted by molar-refractivity contribution is 7.09. The lowest BCUT2D eigenvalue weighted by atomic mass is 10.1. The second-order valence-electron chi connectivity index (χ2n) is 4.95. The zero-order valence-corrected chi connectivity index (χ0v) is 13.0. The van der Waals surface area contributed by atoms with Gasteiger partial charge in [-0.3, -0.25) is 14.2 Å². The third-order valence-electron chi connectivity index (χ3n) is 3.53. The van der Waals surface area contributed by atoms with Crippen molar-refractivity contribution in [2.24, 2.45) is 0 Å². The lowest BCUT2D eigenvalue weighted by molar-refractivity contribution is 0.0967. The van der Waals surface area contributed by atoms with Crippen LogP contribution in [0.25, 0.3) is 11.3 Å². The van der Waals surface area contributed by atoms with Gasteiger partial charge in [0.05, 0.1) is 17.9 Å². The first-order valence-electron chi connectivity index (χ1n) is 7.15. The molecule has 0 saturated heterocycles. The second-order valence-corrected chi connectivity index (χ2v) is 6.00. The van der Waals surface area contributed by atoms with Gasteiger partial charge in [-0.1, -0.05) is 48.6 Å². The minimum absolute atomic E-state index is 0.0556. The quantitative estimate of drug-likeness (QED) is 0.735. The van der Waals surface area contributed by atoms with Crippen molar-refractivity contribution in [3.8, 4) is 11.3 Å². The highest BCUT2D eigenvalue weighted by Crippen LogP contribution is 2.26. The number of benzene rings is 1. The lowest BCUT2D eigenvalue weighted by Crippen LogP contribution is -2.20. The molecule has 22 heavy (non-hydrogen) atoms. The van der Waals surface area contributed by atoms with Crippen molar-refractivity contribution in [3.05, 3.63) is 68.9 Å². The summed E-state index contributed by atoms with van der Waals surface area (Å²) in [6.45, 7) is 2.08. The van der Waals surface area contributed by atoms with E-state index in [0.29, 0.717) is 5.69 Å². The number of nitrogens with one attached hydrogen (secondary N) is 1. The molecular formula is C17H16N2O2S. The number of aromatic nitrogens is 2. The summed E-state index contributed by atoms with van der Waals surface area (Å²) in [5.74, 6) is -0.0928. The molecule has 4 nitrogen and oxygen atoms in total. The minimum atomic E-state index is -0.0928. The predicted octanol–water partition coefficient (Wildman–Crippen LogP) is 3.35. The molecule has 1 aromatic carbocycles. The summed E-state index contributed by atoms with van der Waals surface area (Å²) in [6, 6.07) is 13.3. The normalized spacial score (nSPS) is 10.8. The molecule has 0 spiro atoms. The van der Waals surface area contributed by atoms with Crippen LogP contribution in [0.15, 0.2) is 53.5 Å². The highest BCUT2D eigenvalue weighted by atomic mass is 32.1. The largest absolute Gasteiger partial charge is 0.359 e.